The van der Waals surface area contributed by atoms with Crippen LogP contribution in [0.4, 0.5) is 0 Å². The summed E-state index contributed by atoms with van der Waals surface area (Å²) in [5, 5.41) is 0. The van der Waals surface area contributed by atoms with Crippen LogP contribution in [-0.2, 0) is 9.53 Å². The van der Waals surface area contributed by atoms with E-state index in [1.807, 2.05) is 0 Å². The van der Waals surface area contributed by atoms with Crippen LogP contribution < -0.4 is 0 Å². The molecule has 0 fully saturated rings. The van der Waals surface area contributed by atoms with Gasteiger partial charge in [-0.2, -0.15) is 0 Å². The van der Waals surface area contributed by atoms with Crippen molar-refractivity contribution in [2.75, 3.05) is 7.11 Å². The summed E-state index contributed by atoms with van der Waals surface area (Å²) in [7, 11) is -0.0110. The lowest BCUT2D eigenvalue weighted by atomic mass is 10.5. The molecular formula is C9H13BrO2Si. The quantitative estimate of drug-likeness (QED) is 0.313. The zero-order valence-electron chi connectivity index (χ0n) is 8.27. The lowest BCUT2D eigenvalue weighted by molar-refractivity contribution is -0.135. The number of halogens is 1. The Kier molecular flexibility index (Phi) is 5.04. The lowest BCUT2D eigenvalue weighted by Gasteiger charge is -2.02. The largest absolute Gasteiger partial charge is 0.465 e. The van der Waals surface area contributed by atoms with Crippen LogP contribution in [0.15, 0.2) is 10.6 Å². The van der Waals surface area contributed by atoms with Gasteiger partial charge in [-0.1, -0.05) is 25.6 Å². The second-order valence-electron chi connectivity index (χ2n) is 3.50. The smallest absolute Gasteiger partial charge is 0.345 e. The van der Waals surface area contributed by atoms with Gasteiger partial charge >= 0.3 is 5.97 Å². The first-order valence-corrected chi connectivity index (χ1v) is 8.13. The fourth-order valence-corrected chi connectivity index (χ4v) is 1.25. The van der Waals surface area contributed by atoms with Gasteiger partial charge in [0.15, 0.2) is 0 Å². The SMILES string of the molecule is COC(=O)/C(Br)=C/C#C[Si](C)(C)C. The summed E-state index contributed by atoms with van der Waals surface area (Å²) in [4.78, 5) is 10.9. The number of esters is 1. The molecule has 2 nitrogen and oxygen atoms in total. The molecule has 0 radical (unpaired) electrons. The molecule has 0 aliphatic carbocycles. The van der Waals surface area contributed by atoms with E-state index in [2.05, 4.69) is 51.8 Å². The molecule has 13 heavy (non-hydrogen) atoms. The van der Waals surface area contributed by atoms with Crippen molar-refractivity contribution in [3.05, 3.63) is 10.6 Å². The average Bonchev–Trinajstić information content (AvgIpc) is 2.00. The molecule has 0 atom stereocenters. The van der Waals surface area contributed by atoms with Gasteiger partial charge in [0.1, 0.15) is 12.6 Å². The van der Waals surface area contributed by atoms with Crippen molar-refractivity contribution in [1.82, 2.24) is 0 Å². The van der Waals surface area contributed by atoms with Gasteiger partial charge < -0.3 is 4.74 Å². The van der Waals surface area contributed by atoms with E-state index >= 15 is 0 Å². The maximum Gasteiger partial charge on any atom is 0.345 e. The number of carbonyl (C=O) groups is 1. The van der Waals surface area contributed by atoms with E-state index in [-0.39, 0.29) is 0 Å². The first-order valence-electron chi connectivity index (χ1n) is 3.83. The van der Waals surface area contributed by atoms with Crippen molar-refractivity contribution < 1.29 is 9.53 Å². The maximum absolute atomic E-state index is 10.9. The second kappa shape index (κ2) is 5.25. The number of hydrogen-bond acceptors (Lipinski definition) is 2. The summed E-state index contributed by atoms with van der Waals surface area (Å²) >= 11 is 3.07. The molecule has 0 rings (SSSR count). The Hall–Kier alpha value is -0.533. The van der Waals surface area contributed by atoms with Crippen LogP contribution in [0.5, 0.6) is 0 Å². The highest BCUT2D eigenvalue weighted by Gasteiger charge is 2.07. The van der Waals surface area contributed by atoms with E-state index in [1.54, 1.807) is 0 Å². The third kappa shape index (κ3) is 6.61. The third-order valence-corrected chi connectivity index (χ3v) is 2.47. The van der Waals surface area contributed by atoms with Crippen LogP contribution in [0.3, 0.4) is 0 Å². The summed E-state index contributed by atoms with van der Waals surface area (Å²) in [6, 6.07) is 0. The van der Waals surface area contributed by atoms with Gasteiger partial charge in [-0.15, -0.1) is 5.54 Å². The normalized spacial score (nSPS) is 11.6. The van der Waals surface area contributed by atoms with Gasteiger partial charge in [0.05, 0.1) is 7.11 Å². The second-order valence-corrected chi connectivity index (χ2v) is 9.11. The van der Waals surface area contributed by atoms with Gasteiger partial charge in [-0.25, -0.2) is 4.79 Å². The number of carbonyl (C=O) groups excluding carboxylic acids is 1. The number of hydrogen-bond donors (Lipinski definition) is 0. The molecule has 0 aliphatic heterocycles. The van der Waals surface area contributed by atoms with Crippen LogP contribution in [-0.4, -0.2) is 21.2 Å². The Morgan fingerprint density at radius 3 is 2.38 bits per heavy atom. The highest BCUT2D eigenvalue weighted by atomic mass is 79.9. The van der Waals surface area contributed by atoms with Crippen molar-refractivity contribution in [2.45, 2.75) is 19.6 Å². The minimum absolute atomic E-state index is 0.362. The van der Waals surface area contributed by atoms with Crippen molar-refractivity contribution in [3.8, 4) is 11.5 Å². The van der Waals surface area contributed by atoms with E-state index in [9.17, 15) is 4.79 Å². The van der Waals surface area contributed by atoms with E-state index in [0.29, 0.717) is 4.48 Å². The van der Waals surface area contributed by atoms with Crippen LogP contribution >= 0.6 is 15.9 Å². The summed E-state index contributed by atoms with van der Waals surface area (Å²) < 4.78 is 4.85. The monoisotopic (exact) mass is 260 g/mol. The van der Waals surface area contributed by atoms with Crippen LogP contribution in [0.1, 0.15) is 0 Å². The number of allylic oxidation sites excluding steroid dienone is 1. The van der Waals surface area contributed by atoms with Crippen molar-refractivity contribution in [2.24, 2.45) is 0 Å². The molecule has 0 aromatic heterocycles. The van der Waals surface area contributed by atoms with Crippen molar-refractivity contribution >= 4 is 30.0 Å². The Bertz CT molecular complexity index is 278. The molecule has 0 saturated heterocycles. The minimum Gasteiger partial charge on any atom is -0.465 e. The van der Waals surface area contributed by atoms with Crippen molar-refractivity contribution in [1.29, 1.82) is 0 Å². The van der Waals surface area contributed by atoms with Crippen LogP contribution in [0.25, 0.3) is 0 Å². The minimum atomic E-state index is -1.35. The molecule has 4 heteroatoms. The zero-order chi connectivity index (χ0) is 10.5. The van der Waals surface area contributed by atoms with Crippen LogP contribution in [0.2, 0.25) is 19.6 Å². The fraction of sp³-hybridized carbons (Fsp3) is 0.444. The Balaban J connectivity index is 4.41. The number of methoxy groups -OCH3 is 1. The molecule has 0 bridgehead atoms. The maximum atomic E-state index is 10.9. The topological polar surface area (TPSA) is 26.3 Å². The Morgan fingerprint density at radius 1 is 1.46 bits per heavy atom. The lowest BCUT2D eigenvalue weighted by Crippen LogP contribution is -2.16. The molecule has 0 amide bonds. The molecule has 0 unspecified atom stereocenters. The fourth-order valence-electron chi connectivity index (χ4n) is 0.472. The first-order chi connectivity index (χ1) is 5.87. The predicted octanol–water partition coefficient (Wildman–Crippen LogP) is 2.32. The first kappa shape index (κ1) is 12.5. The van der Waals surface area contributed by atoms with E-state index < -0.39 is 14.0 Å². The Morgan fingerprint density at radius 2 is 2.00 bits per heavy atom. The summed E-state index contributed by atoms with van der Waals surface area (Å²) in [6.07, 6.45) is 1.53. The molecular weight excluding hydrogens is 248 g/mol. The van der Waals surface area contributed by atoms with Crippen molar-refractivity contribution in [3.63, 3.8) is 0 Å². The molecule has 0 spiro atoms. The molecule has 0 aliphatic rings. The molecule has 0 aromatic carbocycles. The standard InChI is InChI=1S/C9H13BrO2Si/c1-12-9(11)8(10)6-5-7-13(2,3)4/h6H,1-4H3/b8-6-. The highest BCUT2D eigenvalue weighted by molar-refractivity contribution is 9.12. The molecule has 72 valence electrons. The number of rotatable bonds is 1. The molecule has 0 saturated carbocycles. The molecule has 0 N–H and O–H groups in total. The summed E-state index contributed by atoms with van der Waals surface area (Å²) in [6.45, 7) is 6.42. The van der Waals surface area contributed by atoms with Gasteiger partial charge in [0.2, 0.25) is 0 Å². The summed E-state index contributed by atoms with van der Waals surface area (Å²) in [5.74, 6) is 2.44. The van der Waals surface area contributed by atoms with Gasteiger partial charge in [0, 0.05) is 6.08 Å². The number of ether oxygens (including phenoxy) is 1. The molecule has 0 heterocycles. The van der Waals surface area contributed by atoms with E-state index in [4.69, 9.17) is 0 Å². The zero-order valence-corrected chi connectivity index (χ0v) is 10.9. The highest BCUT2D eigenvalue weighted by Crippen LogP contribution is 2.05. The third-order valence-electron chi connectivity index (χ3n) is 1.03. The van der Waals surface area contributed by atoms with E-state index in [0.717, 1.165) is 0 Å². The van der Waals surface area contributed by atoms with Gasteiger partial charge in [-0.3, -0.25) is 0 Å². The predicted molar refractivity (Wildman–Crippen MR) is 60.1 cm³/mol. The molecule has 0 aromatic rings. The Labute approximate surface area is 88.5 Å². The van der Waals surface area contributed by atoms with Crippen LogP contribution in [0, 0.1) is 11.5 Å². The summed E-state index contributed by atoms with van der Waals surface area (Å²) in [5.41, 5.74) is 3.11. The van der Waals surface area contributed by atoms with Gasteiger partial charge in [0.25, 0.3) is 0 Å². The average molecular weight is 261 g/mol. The van der Waals surface area contributed by atoms with E-state index in [1.165, 1.54) is 13.2 Å². The van der Waals surface area contributed by atoms with Gasteiger partial charge in [-0.05, 0) is 15.9 Å².